The molecular weight excluding hydrogens is 350 g/mol. The predicted octanol–water partition coefficient (Wildman–Crippen LogP) is 0.536. The van der Waals surface area contributed by atoms with E-state index in [1.165, 1.54) is 0 Å². The van der Waals surface area contributed by atoms with Gasteiger partial charge < -0.3 is 15.0 Å². The number of likely N-dealkylation sites (tertiary alicyclic amines) is 1. The number of benzene rings is 1. The zero-order chi connectivity index (χ0) is 19.1. The molecule has 9 nitrogen and oxygen atoms in total. The van der Waals surface area contributed by atoms with Crippen LogP contribution in [0.15, 0.2) is 35.1 Å². The number of para-hydroxylation sites is 1. The number of nitrogens with one attached hydrogen (secondary N) is 3. The Morgan fingerprint density at radius 3 is 2.85 bits per heavy atom. The van der Waals surface area contributed by atoms with Gasteiger partial charge in [-0.2, -0.15) is 0 Å². The summed E-state index contributed by atoms with van der Waals surface area (Å²) in [6, 6.07) is 9.35. The van der Waals surface area contributed by atoms with Gasteiger partial charge in [0, 0.05) is 19.6 Å². The summed E-state index contributed by atoms with van der Waals surface area (Å²) >= 11 is 0. The van der Waals surface area contributed by atoms with E-state index in [1.54, 1.807) is 4.90 Å². The Bertz CT molecular complexity index is 816. The fourth-order valence-electron chi connectivity index (χ4n) is 3.06. The van der Waals surface area contributed by atoms with Crippen molar-refractivity contribution >= 4 is 11.8 Å². The van der Waals surface area contributed by atoms with E-state index >= 15 is 0 Å². The number of hydrogen-bond acceptors (Lipinski definition) is 5. The summed E-state index contributed by atoms with van der Waals surface area (Å²) in [4.78, 5) is 39.5. The van der Waals surface area contributed by atoms with Gasteiger partial charge in [-0.3, -0.25) is 14.6 Å². The van der Waals surface area contributed by atoms with Gasteiger partial charge in [-0.25, -0.2) is 9.89 Å². The molecule has 3 rings (SSSR count). The van der Waals surface area contributed by atoms with Crippen molar-refractivity contribution in [3.8, 4) is 5.75 Å². The second-order valence-electron chi connectivity index (χ2n) is 6.50. The van der Waals surface area contributed by atoms with Crippen LogP contribution >= 0.6 is 0 Å². The van der Waals surface area contributed by atoms with Crippen LogP contribution in [-0.4, -0.2) is 58.1 Å². The molecule has 0 aliphatic carbocycles. The molecule has 0 spiro atoms. The number of ether oxygens (including phenoxy) is 1. The molecule has 0 bridgehead atoms. The minimum absolute atomic E-state index is 0.0164. The van der Waals surface area contributed by atoms with Crippen molar-refractivity contribution in [2.24, 2.45) is 5.92 Å². The Hall–Kier alpha value is -3.10. The molecule has 144 valence electrons. The molecular formula is C18H23N5O4. The van der Waals surface area contributed by atoms with Crippen LogP contribution in [0.1, 0.15) is 29.9 Å². The lowest BCUT2D eigenvalue weighted by Crippen LogP contribution is -2.44. The average Bonchev–Trinajstić information content (AvgIpc) is 3.13. The van der Waals surface area contributed by atoms with Crippen molar-refractivity contribution in [1.82, 2.24) is 25.4 Å². The lowest BCUT2D eigenvalue weighted by molar-refractivity contribution is -0.121. The Morgan fingerprint density at radius 2 is 2.11 bits per heavy atom. The summed E-state index contributed by atoms with van der Waals surface area (Å²) in [7, 11) is 0. The highest BCUT2D eigenvalue weighted by atomic mass is 16.5. The zero-order valence-electron chi connectivity index (χ0n) is 14.9. The van der Waals surface area contributed by atoms with Crippen LogP contribution in [0.4, 0.5) is 0 Å². The second-order valence-corrected chi connectivity index (χ2v) is 6.50. The Kier molecular flexibility index (Phi) is 6.24. The number of nitrogens with zero attached hydrogens (tertiary/aromatic N) is 2. The SMILES string of the molecule is O=C(CCOc1ccccc1)NCC1CCCN(C(=O)c2n[nH]c(=O)[nH]2)C1. The number of hydrogen-bond donors (Lipinski definition) is 3. The van der Waals surface area contributed by atoms with Crippen LogP contribution in [0.2, 0.25) is 0 Å². The van der Waals surface area contributed by atoms with E-state index in [9.17, 15) is 14.4 Å². The molecule has 1 unspecified atom stereocenters. The number of rotatable bonds is 7. The highest BCUT2D eigenvalue weighted by Gasteiger charge is 2.26. The molecule has 1 atom stereocenters. The monoisotopic (exact) mass is 373 g/mol. The minimum atomic E-state index is -0.503. The van der Waals surface area contributed by atoms with Crippen molar-refractivity contribution in [2.45, 2.75) is 19.3 Å². The Morgan fingerprint density at radius 1 is 1.30 bits per heavy atom. The second kappa shape index (κ2) is 9.02. The number of aromatic amines is 2. The molecule has 27 heavy (non-hydrogen) atoms. The van der Waals surface area contributed by atoms with E-state index in [4.69, 9.17) is 4.74 Å². The number of carbonyl (C=O) groups excluding carboxylic acids is 2. The lowest BCUT2D eigenvalue weighted by atomic mass is 9.98. The Balaban J connectivity index is 1.39. The van der Waals surface area contributed by atoms with Gasteiger partial charge >= 0.3 is 5.69 Å². The summed E-state index contributed by atoms with van der Waals surface area (Å²) in [5.41, 5.74) is -0.503. The first kappa shape index (κ1) is 18.7. The van der Waals surface area contributed by atoms with E-state index < -0.39 is 5.69 Å². The normalized spacial score (nSPS) is 16.7. The fraction of sp³-hybridized carbons (Fsp3) is 0.444. The van der Waals surface area contributed by atoms with E-state index in [2.05, 4.69) is 20.5 Å². The molecule has 1 aliphatic heterocycles. The summed E-state index contributed by atoms with van der Waals surface area (Å²) in [6.45, 7) is 1.96. The molecule has 2 amide bonds. The van der Waals surface area contributed by atoms with Crippen molar-refractivity contribution in [3.63, 3.8) is 0 Å². The number of H-pyrrole nitrogens is 2. The molecule has 2 heterocycles. The molecule has 2 aromatic rings. The van der Waals surface area contributed by atoms with Crippen molar-refractivity contribution in [3.05, 3.63) is 46.6 Å². The van der Waals surface area contributed by atoms with Crippen LogP contribution in [0.5, 0.6) is 5.75 Å². The molecule has 3 N–H and O–H groups in total. The smallest absolute Gasteiger partial charge is 0.341 e. The first-order valence-electron chi connectivity index (χ1n) is 9.00. The quantitative estimate of drug-likeness (QED) is 0.654. The third kappa shape index (κ3) is 5.44. The third-order valence-corrected chi connectivity index (χ3v) is 4.44. The molecule has 9 heteroatoms. The van der Waals surface area contributed by atoms with Gasteiger partial charge in [0.25, 0.3) is 5.91 Å². The summed E-state index contributed by atoms with van der Waals surface area (Å²) in [6.07, 6.45) is 2.05. The minimum Gasteiger partial charge on any atom is -0.493 e. The topological polar surface area (TPSA) is 120 Å². The molecule has 1 fully saturated rings. The number of amides is 2. The molecule has 0 radical (unpaired) electrons. The standard InChI is InChI=1S/C18H23N5O4/c24-15(8-10-27-14-6-2-1-3-7-14)19-11-13-5-4-9-23(12-13)17(25)16-20-18(26)22-21-16/h1-3,6-7,13H,4-5,8-12H2,(H,19,24)(H2,20,21,22,26). The maximum atomic E-state index is 12.3. The van der Waals surface area contributed by atoms with Crippen LogP contribution in [0.3, 0.4) is 0 Å². The molecule has 1 saturated heterocycles. The van der Waals surface area contributed by atoms with Gasteiger partial charge in [0.1, 0.15) is 5.75 Å². The van der Waals surface area contributed by atoms with Crippen LogP contribution in [0.25, 0.3) is 0 Å². The first-order chi connectivity index (χ1) is 13.1. The van der Waals surface area contributed by atoms with Gasteiger partial charge in [-0.05, 0) is 30.9 Å². The molecule has 1 aromatic heterocycles. The van der Waals surface area contributed by atoms with Crippen LogP contribution in [-0.2, 0) is 4.79 Å². The summed E-state index contributed by atoms with van der Waals surface area (Å²) < 4.78 is 5.52. The van der Waals surface area contributed by atoms with Crippen molar-refractivity contribution in [1.29, 1.82) is 0 Å². The fourth-order valence-corrected chi connectivity index (χ4v) is 3.06. The maximum absolute atomic E-state index is 12.3. The first-order valence-corrected chi connectivity index (χ1v) is 9.00. The van der Waals surface area contributed by atoms with E-state index in [0.29, 0.717) is 26.2 Å². The van der Waals surface area contributed by atoms with Gasteiger partial charge in [0.2, 0.25) is 11.7 Å². The van der Waals surface area contributed by atoms with E-state index in [1.807, 2.05) is 30.3 Å². The highest BCUT2D eigenvalue weighted by Crippen LogP contribution is 2.17. The largest absolute Gasteiger partial charge is 0.493 e. The third-order valence-electron chi connectivity index (χ3n) is 4.44. The molecule has 1 aromatic carbocycles. The zero-order valence-corrected chi connectivity index (χ0v) is 14.9. The predicted molar refractivity (Wildman–Crippen MR) is 97.4 cm³/mol. The van der Waals surface area contributed by atoms with E-state index in [0.717, 1.165) is 18.6 Å². The summed E-state index contributed by atoms with van der Waals surface area (Å²) in [5, 5.41) is 8.78. The highest BCUT2D eigenvalue weighted by molar-refractivity contribution is 5.90. The number of aromatic nitrogens is 3. The number of carbonyl (C=O) groups is 2. The Labute approximate surface area is 156 Å². The summed E-state index contributed by atoms with van der Waals surface area (Å²) in [5.74, 6) is 0.546. The van der Waals surface area contributed by atoms with Crippen LogP contribution < -0.4 is 15.7 Å². The van der Waals surface area contributed by atoms with Gasteiger partial charge in [0.15, 0.2) is 0 Å². The average molecular weight is 373 g/mol. The maximum Gasteiger partial charge on any atom is 0.341 e. The molecule has 0 saturated carbocycles. The van der Waals surface area contributed by atoms with Gasteiger partial charge in [-0.1, -0.05) is 18.2 Å². The van der Waals surface area contributed by atoms with Gasteiger partial charge in [0.05, 0.1) is 13.0 Å². The van der Waals surface area contributed by atoms with Crippen molar-refractivity contribution < 1.29 is 14.3 Å². The van der Waals surface area contributed by atoms with Crippen molar-refractivity contribution in [2.75, 3.05) is 26.2 Å². The lowest BCUT2D eigenvalue weighted by Gasteiger charge is -2.32. The van der Waals surface area contributed by atoms with E-state index in [-0.39, 0.29) is 30.0 Å². The van der Waals surface area contributed by atoms with Gasteiger partial charge in [-0.15, -0.1) is 5.10 Å². The van der Waals surface area contributed by atoms with Crippen LogP contribution in [0, 0.1) is 5.92 Å². The molecule has 1 aliphatic rings. The number of piperidine rings is 1.